The van der Waals surface area contributed by atoms with Gasteiger partial charge in [-0.1, -0.05) is 0 Å². The summed E-state index contributed by atoms with van der Waals surface area (Å²) in [7, 11) is 0. The van der Waals surface area contributed by atoms with Gasteiger partial charge in [-0.2, -0.15) is 14.0 Å². The van der Waals surface area contributed by atoms with Gasteiger partial charge in [-0.05, 0) is 0 Å². The van der Waals surface area contributed by atoms with Gasteiger partial charge in [0.25, 0.3) is 5.95 Å². The van der Waals surface area contributed by atoms with Crippen LogP contribution in [0.3, 0.4) is 0 Å². The van der Waals surface area contributed by atoms with Crippen LogP contribution in [0.4, 0.5) is 22.0 Å². The lowest BCUT2D eigenvalue weighted by atomic mass is 10.3. The molecule has 0 saturated carbocycles. The molecule has 1 heterocycles. The molecule has 15 heavy (non-hydrogen) atoms. The van der Waals surface area contributed by atoms with Crippen molar-refractivity contribution in [3.05, 3.63) is 23.5 Å². The maximum absolute atomic E-state index is 12.7. The number of aromatic nitrogens is 1. The molecular formula is C7HF5N2O. The minimum Gasteiger partial charge on any atom is -0.402 e. The zero-order valence-electron chi connectivity index (χ0n) is 6.77. The fourth-order valence-electron chi connectivity index (χ4n) is 0.733. The molecular weight excluding hydrogens is 223 g/mol. The van der Waals surface area contributed by atoms with Crippen molar-refractivity contribution in [1.29, 1.82) is 5.26 Å². The number of halogens is 5. The molecule has 0 fully saturated rings. The second-order valence-corrected chi connectivity index (χ2v) is 2.27. The molecule has 1 aromatic rings. The van der Waals surface area contributed by atoms with Crippen molar-refractivity contribution in [3.63, 3.8) is 0 Å². The van der Waals surface area contributed by atoms with Gasteiger partial charge in [0.15, 0.2) is 5.75 Å². The molecule has 0 aliphatic carbocycles. The minimum atomic E-state index is -5.17. The molecule has 0 unspecified atom stereocenters. The number of alkyl halides is 3. The number of hydrogen-bond acceptors (Lipinski definition) is 3. The smallest absolute Gasteiger partial charge is 0.402 e. The number of ether oxygens (including phenoxy) is 1. The van der Waals surface area contributed by atoms with Crippen molar-refractivity contribution in [3.8, 4) is 11.8 Å². The van der Waals surface area contributed by atoms with Crippen LogP contribution < -0.4 is 4.74 Å². The Hall–Kier alpha value is -1.91. The van der Waals surface area contributed by atoms with Crippen molar-refractivity contribution < 1.29 is 26.7 Å². The first-order chi connectivity index (χ1) is 6.83. The summed E-state index contributed by atoms with van der Waals surface area (Å²) in [5.41, 5.74) is -0.715. The van der Waals surface area contributed by atoms with E-state index in [1.165, 1.54) is 6.07 Å². The van der Waals surface area contributed by atoms with Crippen LogP contribution in [-0.4, -0.2) is 11.3 Å². The van der Waals surface area contributed by atoms with Gasteiger partial charge < -0.3 is 4.74 Å². The number of pyridine rings is 1. The molecule has 0 aromatic carbocycles. The van der Waals surface area contributed by atoms with Crippen molar-refractivity contribution in [2.75, 3.05) is 0 Å². The first kappa shape index (κ1) is 11.2. The Morgan fingerprint density at radius 2 is 1.93 bits per heavy atom. The van der Waals surface area contributed by atoms with Crippen molar-refractivity contribution in [1.82, 2.24) is 4.98 Å². The van der Waals surface area contributed by atoms with E-state index in [-0.39, 0.29) is 0 Å². The highest BCUT2D eigenvalue weighted by Gasteiger charge is 2.33. The SMILES string of the molecule is N#Cc1cc(OC(F)(F)F)c(F)c(F)n1. The van der Waals surface area contributed by atoms with E-state index >= 15 is 0 Å². The van der Waals surface area contributed by atoms with E-state index in [0.29, 0.717) is 6.07 Å². The van der Waals surface area contributed by atoms with Crippen molar-refractivity contribution in [2.24, 2.45) is 0 Å². The van der Waals surface area contributed by atoms with Gasteiger partial charge in [-0.15, -0.1) is 13.2 Å². The zero-order valence-corrected chi connectivity index (χ0v) is 6.77. The van der Waals surface area contributed by atoms with Gasteiger partial charge in [0.2, 0.25) is 5.82 Å². The second kappa shape index (κ2) is 3.68. The molecule has 0 amide bonds. The molecule has 0 atom stereocenters. The van der Waals surface area contributed by atoms with E-state index in [9.17, 15) is 22.0 Å². The Morgan fingerprint density at radius 3 is 2.40 bits per heavy atom. The monoisotopic (exact) mass is 224 g/mol. The Morgan fingerprint density at radius 1 is 1.33 bits per heavy atom. The highest BCUT2D eigenvalue weighted by molar-refractivity contribution is 5.31. The van der Waals surface area contributed by atoms with Crippen LogP contribution in [0.25, 0.3) is 0 Å². The first-order valence-corrected chi connectivity index (χ1v) is 3.35. The second-order valence-electron chi connectivity index (χ2n) is 2.27. The third-order valence-corrected chi connectivity index (χ3v) is 1.22. The predicted octanol–water partition coefficient (Wildman–Crippen LogP) is 2.13. The summed E-state index contributed by atoms with van der Waals surface area (Å²) in [4.78, 5) is 2.73. The number of hydrogen-bond donors (Lipinski definition) is 0. The van der Waals surface area contributed by atoms with Crippen molar-refractivity contribution >= 4 is 0 Å². The fraction of sp³-hybridized carbons (Fsp3) is 0.143. The summed E-state index contributed by atoms with van der Waals surface area (Å²) in [5, 5.41) is 8.24. The quantitative estimate of drug-likeness (QED) is 0.542. The third kappa shape index (κ3) is 2.77. The van der Waals surface area contributed by atoms with Gasteiger partial charge in [0.05, 0.1) is 0 Å². The van der Waals surface area contributed by atoms with Gasteiger partial charge in [-0.3, -0.25) is 0 Å². The normalized spacial score (nSPS) is 10.9. The molecule has 0 bridgehead atoms. The van der Waals surface area contributed by atoms with Crippen LogP contribution in [0.2, 0.25) is 0 Å². The third-order valence-electron chi connectivity index (χ3n) is 1.22. The first-order valence-electron chi connectivity index (χ1n) is 3.35. The molecule has 0 spiro atoms. The van der Waals surface area contributed by atoms with Crippen molar-refractivity contribution in [2.45, 2.75) is 6.36 Å². The van der Waals surface area contributed by atoms with E-state index in [1.54, 1.807) is 0 Å². The number of rotatable bonds is 1. The van der Waals surface area contributed by atoms with Gasteiger partial charge in [-0.25, -0.2) is 4.98 Å². The van der Waals surface area contributed by atoms with Crippen LogP contribution in [0.5, 0.6) is 5.75 Å². The summed E-state index contributed by atoms with van der Waals surface area (Å²) in [6.45, 7) is 0. The highest BCUT2D eigenvalue weighted by Crippen LogP contribution is 2.26. The highest BCUT2D eigenvalue weighted by atomic mass is 19.4. The molecule has 0 aliphatic rings. The van der Waals surface area contributed by atoms with E-state index in [0.717, 1.165) is 0 Å². The molecule has 0 aliphatic heterocycles. The van der Waals surface area contributed by atoms with Crippen LogP contribution >= 0.6 is 0 Å². The van der Waals surface area contributed by atoms with Crippen LogP contribution in [0, 0.1) is 23.1 Å². The standard InChI is InChI=1S/C7HF5N2O/c8-5-4(15-7(10,11)12)1-3(2-13)14-6(5)9/h1H. The lowest BCUT2D eigenvalue weighted by molar-refractivity contribution is -0.275. The van der Waals surface area contributed by atoms with Gasteiger partial charge in [0, 0.05) is 6.07 Å². The topological polar surface area (TPSA) is 45.9 Å². The summed E-state index contributed by atoms with van der Waals surface area (Å²) in [6.07, 6.45) is -5.17. The lowest BCUT2D eigenvalue weighted by Gasteiger charge is -2.09. The Balaban J connectivity index is 3.18. The van der Waals surface area contributed by atoms with Gasteiger partial charge in [0.1, 0.15) is 11.8 Å². The molecule has 0 saturated heterocycles. The Labute approximate surface area is 79.7 Å². The molecule has 0 N–H and O–H groups in total. The summed E-state index contributed by atoms with van der Waals surface area (Å²) in [5.74, 6) is -5.15. The summed E-state index contributed by atoms with van der Waals surface area (Å²) >= 11 is 0. The molecule has 80 valence electrons. The van der Waals surface area contributed by atoms with Crippen LogP contribution in [0.1, 0.15) is 5.69 Å². The number of nitrogens with zero attached hydrogens (tertiary/aromatic N) is 2. The zero-order chi connectivity index (χ0) is 11.6. The Kier molecular flexibility index (Phi) is 2.74. The van der Waals surface area contributed by atoms with E-state index in [4.69, 9.17) is 5.26 Å². The van der Waals surface area contributed by atoms with E-state index < -0.39 is 29.6 Å². The minimum absolute atomic E-state index is 0.353. The number of nitriles is 1. The summed E-state index contributed by atoms with van der Waals surface area (Å²) < 4.78 is 63.4. The van der Waals surface area contributed by atoms with E-state index in [2.05, 4.69) is 9.72 Å². The molecule has 3 nitrogen and oxygen atoms in total. The maximum Gasteiger partial charge on any atom is 0.573 e. The molecule has 0 radical (unpaired) electrons. The maximum atomic E-state index is 12.7. The fourth-order valence-corrected chi connectivity index (χ4v) is 0.733. The Bertz CT molecular complexity index is 423. The molecule has 1 aromatic heterocycles. The van der Waals surface area contributed by atoms with E-state index in [1.807, 2.05) is 0 Å². The molecule has 1 rings (SSSR count). The average molecular weight is 224 g/mol. The predicted molar refractivity (Wildman–Crippen MR) is 35.6 cm³/mol. The summed E-state index contributed by atoms with van der Waals surface area (Å²) in [6, 6.07) is 1.61. The molecule has 8 heteroatoms. The lowest BCUT2D eigenvalue weighted by Crippen LogP contribution is -2.18. The van der Waals surface area contributed by atoms with Crippen LogP contribution in [-0.2, 0) is 0 Å². The van der Waals surface area contributed by atoms with Crippen LogP contribution in [0.15, 0.2) is 6.07 Å². The van der Waals surface area contributed by atoms with Gasteiger partial charge >= 0.3 is 6.36 Å². The average Bonchev–Trinajstić information content (AvgIpc) is 2.10. The largest absolute Gasteiger partial charge is 0.573 e.